The number of alkyl halides is 1. The normalized spacial score (nSPS) is 28.1. The van der Waals surface area contributed by atoms with Crippen LogP contribution in [-0.2, 0) is 14.2 Å². The zero-order valence-corrected chi connectivity index (χ0v) is 15.6. The molecule has 2 fully saturated rings. The van der Waals surface area contributed by atoms with E-state index in [2.05, 4.69) is 9.97 Å². The van der Waals surface area contributed by atoms with Crippen molar-refractivity contribution in [2.24, 2.45) is 0 Å². The Bertz CT molecular complexity index is 875. The molecule has 1 aliphatic carbocycles. The van der Waals surface area contributed by atoms with Crippen molar-refractivity contribution >= 4 is 34.6 Å². The number of aliphatic hydroxyl groups is 1. The molecule has 0 radical (unpaired) electrons. The number of ether oxygens (including phenoxy) is 3. The molecule has 2 aromatic heterocycles. The van der Waals surface area contributed by atoms with Gasteiger partial charge in [0, 0.05) is 6.20 Å². The Kier molecular flexibility index (Phi) is 5.26. The Morgan fingerprint density at radius 3 is 2.86 bits per heavy atom. The van der Waals surface area contributed by atoms with E-state index in [1.54, 1.807) is 0 Å². The van der Waals surface area contributed by atoms with Gasteiger partial charge in [-0.1, -0.05) is 11.6 Å². The van der Waals surface area contributed by atoms with Gasteiger partial charge in [0.25, 0.3) is 0 Å². The second-order valence-electron chi connectivity index (χ2n) is 6.89. The summed E-state index contributed by atoms with van der Waals surface area (Å²) in [5.41, 5.74) is 6.09. The highest BCUT2D eigenvalue weighted by molar-refractivity contribution is 6.36. The highest BCUT2D eigenvalue weighted by atomic mass is 35.5. The molecule has 1 saturated carbocycles. The summed E-state index contributed by atoms with van der Waals surface area (Å²) in [6, 6.07) is 0. The molecule has 152 valence electrons. The quantitative estimate of drug-likeness (QED) is 0.731. The van der Waals surface area contributed by atoms with Crippen LogP contribution in [0.3, 0.4) is 0 Å². The molecule has 11 heteroatoms. The van der Waals surface area contributed by atoms with Crippen molar-refractivity contribution in [3.8, 4) is 0 Å². The molecule has 0 bridgehead atoms. The van der Waals surface area contributed by atoms with Gasteiger partial charge in [0.2, 0.25) is 0 Å². The third-order valence-electron chi connectivity index (χ3n) is 5.11. The lowest BCUT2D eigenvalue weighted by Gasteiger charge is -2.19. The van der Waals surface area contributed by atoms with Gasteiger partial charge in [0.05, 0.1) is 17.0 Å². The molecule has 0 unspecified atom stereocenters. The minimum atomic E-state index is -1.78. The van der Waals surface area contributed by atoms with Crippen molar-refractivity contribution in [1.29, 1.82) is 0 Å². The number of hydrogen-bond acceptors (Lipinski definition) is 8. The monoisotopic (exact) mass is 414 g/mol. The van der Waals surface area contributed by atoms with Gasteiger partial charge in [-0.05, 0) is 25.7 Å². The second-order valence-corrected chi connectivity index (χ2v) is 7.30. The molecule has 0 amide bonds. The third-order valence-corrected chi connectivity index (χ3v) is 5.40. The topological polar surface area (TPSA) is 122 Å². The molecule has 1 aliphatic heterocycles. The maximum absolute atomic E-state index is 15.2. The minimum absolute atomic E-state index is 0.147. The van der Waals surface area contributed by atoms with Crippen molar-refractivity contribution in [2.75, 3.05) is 12.3 Å². The number of rotatable bonds is 4. The molecule has 9 nitrogen and oxygen atoms in total. The van der Waals surface area contributed by atoms with E-state index in [4.69, 9.17) is 31.5 Å². The summed E-state index contributed by atoms with van der Waals surface area (Å²) in [6.45, 7) is -0.539. The van der Waals surface area contributed by atoms with Gasteiger partial charge in [-0.25, -0.2) is 19.2 Å². The first-order chi connectivity index (χ1) is 13.5. The van der Waals surface area contributed by atoms with Crippen LogP contribution in [0.25, 0.3) is 11.0 Å². The fourth-order valence-corrected chi connectivity index (χ4v) is 4.03. The van der Waals surface area contributed by atoms with Gasteiger partial charge < -0.3 is 29.6 Å². The van der Waals surface area contributed by atoms with Gasteiger partial charge >= 0.3 is 6.16 Å². The van der Waals surface area contributed by atoms with E-state index in [1.165, 1.54) is 17.1 Å². The minimum Gasteiger partial charge on any atom is -0.431 e. The van der Waals surface area contributed by atoms with E-state index in [9.17, 15) is 9.90 Å². The van der Waals surface area contributed by atoms with Crippen LogP contribution in [0.5, 0.6) is 0 Å². The molecule has 0 aromatic carbocycles. The van der Waals surface area contributed by atoms with Crippen LogP contribution < -0.4 is 5.73 Å². The summed E-state index contributed by atoms with van der Waals surface area (Å²) >= 11 is 6.18. The summed E-state index contributed by atoms with van der Waals surface area (Å²) in [4.78, 5) is 20.0. The molecule has 1 saturated heterocycles. The molecular weight excluding hydrogens is 395 g/mol. The molecule has 4 rings (SSSR count). The number of aliphatic hydroxyl groups excluding tert-OH is 1. The summed E-state index contributed by atoms with van der Waals surface area (Å²) in [5.74, 6) is 0.147. The highest BCUT2D eigenvalue weighted by Crippen LogP contribution is 2.38. The Balaban J connectivity index is 1.55. The number of halogens is 2. The van der Waals surface area contributed by atoms with Crippen molar-refractivity contribution in [2.45, 2.75) is 56.4 Å². The van der Waals surface area contributed by atoms with Gasteiger partial charge in [-0.15, -0.1) is 0 Å². The maximum atomic E-state index is 15.2. The van der Waals surface area contributed by atoms with E-state index in [0.29, 0.717) is 5.39 Å². The number of fused-ring (bicyclic) bond motifs is 1. The highest BCUT2D eigenvalue weighted by Gasteiger charge is 2.49. The Labute approximate surface area is 164 Å². The van der Waals surface area contributed by atoms with Gasteiger partial charge in [0.1, 0.15) is 30.0 Å². The standard InChI is InChI=1S/C17H20ClFN4O5/c18-9-5-23(15-11(9)14(20)21-7-22-15)16-12(19)13(10(6-24)27-16)28-17(25)26-8-3-1-2-4-8/h5,7-8,10,12-13,16,24H,1-4,6H2,(H2,20,21,22)/t10-,12+,13-,16-/m1/s1. The van der Waals surface area contributed by atoms with Crippen LogP contribution >= 0.6 is 11.6 Å². The predicted molar refractivity (Wildman–Crippen MR) is 96.5 cm³/mol. The molecule has 0 spiro atoms. The van der Waals surface area contributed by atoms with Crippen LogP contribution in [-0.4, -0.2) is 56.9 Å². The van der Waals surface area contributed by atoms with Crippen molar-refractivity contribution in [3.05, 3.63) is 17.5 Å². The Hall–Kier alpha value is -2.17. The summed E-state index contributed by atoms with van der Waals surface area (Å²) in [6.07, 6.45) is -0.466. The molecule has 28 heavy (non-hydrogen) atoms. The van der Waals surface area contributed by atoms with E-state index >= 15 is 4.39 Å². The molecule has 3 heterocycles. The van der Waals surface area contributed by atoms with E-state index < -0.39 is 37.4 Å². The third kappa shape index (κ3) is 3.36. The zero-order chi connectivity index (χ0) is 19.8. The number of hydrogen-bond donors (Lipinski definition) is 2. The number of carbonyl (C=O) groups is 1. The fourth-order valence-electron chi connectivity index (χ4n) is 3.74. The molecular formula is C17H20ClFN4O5. The largest absolute Gasteiger partial charge is 0.509 e. The number of aromatic nitrogens is 3. The number of nitrogens with two attached hydrogens (primary N) is 1. The number of carbonyl (C=O) groups excluding carboxylic acids is 1. The molecule has 4 atom stereocenters. The lowest BCUT2D eigenvalue weighted by Crippen LogP contribution is -2.36. The summed E-state index contributed by atoms with van der Waals surface area (Å²) < 4.78 is 32.5. The number of anilines is 1. The van der Waals surface area contributed by atoms with Crippen molar-refractivity contribution in [1.82, 2.24) is 14.5 Å². The van der Waals surface area contributed by atoms with Crippen LogP contribution in [0, 0.1) is 0 Å². The van der Waals surface area contributed by atoms with Crippen LogP contribution in [0.1, 0.15) is 31.9 Å². The van der Waals surface area contributed by atoms with E-state index in [-0.39, 0.29) is 22.6 Å². The Morgan fingerprint density at radius 1 is 1.39 bits per heavy atom. The average Bonchev–Trinajstić information content (AvgIpc) is 3.36. The van der Waals surface area contributed by atoms with Crippen LogP contribution in [0.15, 0.2) is 12.5 Å². The molecule has 3 N–H and O–H groups in total. The average molecular weight is 415 g/mol. The lowest BCUT2D eigenvalue weighted by atomic mass is 10.1. The van der Waals surface area contributed by atoms with E-state index in [0.717, 1.165) is 25.7 Å². The number of nitrogen functional groups attached to an aromatic ring is 1. The predicted octanol–water partition coefficient (Wildman–Crippen LogP) is 2.36. The van der Waals surface area contributed by atoms with Gasteiger partial charge in [-0.3, -0.25) is 0 Å². The zero-order valence-electron chi connectivity index (χ0n) is 14.8. The lowest BCUT2D eigenvalue weighted by molar-refractivity contribution is -0.0600. The van der Waals surface area contributed by atoms with Crippen molar-refractivity contribution < 1.29 is 28.5 Å². The maximum Gasteiger partial charge on any atom is 0.509 e. The Morgan fingerprint density at radius 2 is 2.14 bits per heavy atom. The first kappa shape index (κ1) is 19.2. The van der Waals surface area contributed by atoms with E-state index in [1.807, 2.05) is 0 Å². The van der Waals surface area contributed by atoms with Gasteiger partial charge in [0.15, 0.2) is 18.5 Å². The SMILES string of the molecule is Nc1ncnc2c1c(Cl)cn2[C@@H]1O[C@H](CO)[C@@H](OC(=O)OC2CCCC2)[C@@H]1F. The molecule has 2 aliphatic rings. The first-order valence-electron chi connectivity index (χ1n) is 9.03. The second kappa shape index (κ2) is 7.69. The van der Waals surface area contributed by atoms with Crippen LogP contribution in [0.2, 0.25) is 5.02 Å². The smallest absolute Gasteiger partial charge is 0.431 e. The van der Waals surface area contributed by atoms with Crippen LogP contribution in [0.4, 0.5) is 15.0 Å². The number of nitrogens with zero attached hydrogens (tertiary/aromatic N) is 3. The van der Waals surface area contributed by atoms with Gasteiger partial charge in [-0.2, -0.15) is 0 Å². The molecule has 2 aromatic rings. The summed E-state index contributed by atoms with van der Waals surface area (Å²) in [7, 11) is 0. The summed E-state index contributed by atoms with van der Waals surface area (Å²) in [5, 5.41) is 10.2. The fraction of sp³-hybridized carbons (Fsp3) is 0.588. The van der Waals surface area contributed by atoms with Crippen molar-refractivity contribution in [3.63, 3.8) is 0 Å². The first-order valence-corrected chi connectivity index (χ1v) is 9.41.